The molecule has 3 rings (SSSR count). The van der Waals surface area contributed by atoms with Crippen molar-refractivity contribution in [3.05, 3.63) is 40.9 Å². The van der Waals surface area contributed by atoms with Crippen molar-refractivity contribution in [3.63, 3.8) is 0 Å². The molecule has 1 aliphatic rings. The van der Waals surface area contributed by atoms with E-state index in [1.54, 1.807) is 0 Å². The Hall–Kier alpha value is -2.12. The Bertz CT molecular complexity index is 775. The van der Waals surface area contributed by atoms with Crippen molar-refractivity contribution in [2.45, 2.75) is 19.8 Å². The van der Waals surface area contributed by atoms with Crippen molar-refractivity contribution in [1.29, 1.82) is 0 Å². The van der Waals surface area contributed by atoms with Gasteiger partial charge >= 0.3 is 11.9 Å². The number of nitrogens with zero attached hydrogens (tertiary/aromatic N) is 1. The molecule has 0 bridgehead atoms. The van der Waals surface area contributed by atoms with Crippen LogP contribution in [0.15, 0.2) is 40.9 Å². The molecule has 6 nitrogen and oxygen atoms in total. The van der Waals surface area contributed by atoms with Crippen LogP contribution in [0.3, 0.4) is 0 Å². The predicted octanol–water partition coefficient (Wildman–Crippen LogP) is 3.87. The number of likely N-dealkylation sites (tertiary alicyclic amines) is 1. The van der Waals surface area contributed by atoms with Gasteiger partial charge in [0, 0.05) is 6.54 Å². The first-order valence-electron chi connectivity index (χ1n) is 8.87. The Morgan fingerprint density at radius 3 is 2.37 bits per heavy atom. The minimum atomic E-state index is -1.82. The van der Waals surface area contributed by atoms with Crippen LogP contribution in [-0.2, 0) is 9.59 Å². The lowest BCUT2D eigenvalue weighted by Gasteiger charge is -2.30. The van der Waals surface area contributed by atoms with Crippen molar-refractivity contribution in [1.82, 2.24) is 4.90 Å². The standard InChI is InChI=1S/C18H22BrNO.C2H2O4/c1-14-8-10-20(11-9-14)12-13-21-17-7-6-15-4-2-3-5-16(15)18(17)19;3-1(4)2(5)6/h2-7,14H,8-13H2,1H3;(H,3,4)(H,5,6). The number of halogens is 1. The molecule has 0 spiro atoms. The molecule has 7 heteroatoms. The van der Waals surface area contributed by atoms with Crippen LogP contribution < -0.4 is 4.74 Å². The van der Waals surface area contributed by atoms with E-state index in [0.717, 1.165) is 29.3 Å². The number of carboxylic acids is 2. The maximum absolute atomic E-state index is 9.10. The molecule has 0 unspecified atom stereocenters. The first-order valence-corrected chi connectivity index (χ1v) is 9.66. The van der Waals surface area contributed by atoms with Crippen LogP contribution in [0.4, 0.5) is 0 Å². The van der Waals surface area contributed by atoms with Gasteiger partial charge in [0.15, 0.2) is 0 Å². The fourth-order valence-corrected chi connectivity index (χ4v) is 3.50. The van der Waals surface area contributed by atoms with Gasteiger partial charge in [-0.05, 0) is 64.6 Å². The Morgan fingerprint density at radius 2 is 1.74 bits per heavy atom. The van der Waals surface area contributed by atoms with Crippen LogP contribution in [0.25, 0.3) is 10.8 Å². The summed E-state index contributed by atoms with van der Waals surface area (Å²) >= 11 is 3.68. The molecular formula is C20H24BrNO5. The quantitative estimate of drug-likeness (QED) is 0.705. The third kappa shape index (κ3) is 6.52. The van der Waals surface area contributed by atoms with Gasteiger partial charge in [0.1, 0.15) is 12.4 Å². The van der Waals surface area contributed by atoms with Crippen LogP contribution in [0.2, 0.25) is 0 Å². The summed E-state index contributed by atoms with van der Waals surface area (Å²) in [7, 11) is 0. The van der Waals surface area contributed by atoms with Gasteiger partial charge in [0.2, 0.25) is 0 Å². The number of aliphatic carboxylic acids is 2. The van der Waals surface area contributed by atoms with Crippen molar-refractivity contribution >= 4 is 38.6 Å². The number of piperidine rings is 1. The van der Waals surface area contributed by atoms with Crippen molar-refractivity contribution in [3.8, 4) is 5.75 Å². The van der Waals surface area contributed by atoms with Gasteiger partial charge in [0.05, 0.1) is 4.47 Å². The summed E-state index contributed by atoms with van der Waals surface area (Å²) in [6.45, 7) is 6.55. The fraction of sp³-hybridized carbons (Fsp3) is 0.400. The smallest absolute Gasteiger partial charge is 0.414 e. The van der Waals surface area contributed by atoms with Crippen molar-refractivity contribution in [2.24, 2.45) is 5.92 Å². The number of hydrogen-bond donors (Lipinski definition) is 2. The topological polar surface area (TPSA) is 87.1 Å². The highest BCUT2D eigenvalue weighted by molar-refractivity contribution is 9.10. The number of benzene rings is 2. The van der Waals surface area contributed by atoms with Crippen molar-refractivity contribution in [2.75, 3.05) is 26.2 Å². The monoisotopic (exact) mass is 437 g/mol. The highest BCUT2D eigenvalue weighted by Gasteiger charge is 2.15. The Kier molecular flexibility index (Phi) is 8.06. The molecule has 1 fully saturated rings. The van der Waals surface area contributed by atoms with Gasteiger partial charge in [-0.2, -0.15) is 0 Å². The summed E-state index contributed by atoms with van der Waals surface area (Å²) in [5.41, 5.74) is 0. The van der Waals surface area contributed by atoms with Crippen LogP contribution in [0, 0.1) is 5.92 Å². The maximum Gasteiger partial charge on any atom is 0.414 e. The lowest BCUT2D eigenvalue weighted by atomic mass is 9.99. The number of ether oxygens (including phenoxy) is 1. The third-order valence-electron chi connectivity index (χ3n) is 4.55. The minimum absolute atomic E-state index is 0.755. The normalized spacial score (nSPS) is 15.0. The van der Waals surface area contributed by atoms with E-state index < -0.39 is 11.9 Å². The zero-order valence-corrected chi connectivity index (χ0v) is 16.8. The average Bonchev–Trinajstić information content (AvgIpc) is 2.66. The largest absolute Gasteiger partial charge is 0.491 e. The van der Waals surface area contributed by atoms with E-state index in [-0.39, 0.29) is 0 Å². The molecular weight excluding hydrogens is 414 g/mol. The van der Waals surface area contributed by atoms with Gasteiger partial charge in [0.25, 0.3) is 0 Å². The van der Waals surface area contributed by atoms with Crippen LogP contribution in [0.5, 0.6) is 5.75 Å². The van der Waals surface area contributed by atoms with E-state index >= 15 is 0 Å². The molecule has 0 saturated carbocycles. The molecule has 2 N–H and O–H groups in total. The third-order valence-corrected chi connectivity index (χ3v) is 5.37. The van der Waals surface area contributed by atoms with Gasteiger partial charge in [-0.3, -0.25) is 4.90 Å². The number of fused-ring (bicyclic) bond motifs is 1. The van der Waals surface area contributed by atoms with Crippen LogP contribution in [0.1, 0.15) is 19.8 Å². The lowest BCUT2D eigenvalue weighted by molar-refractivity contribution is -0.159. The first kappa shape index (κ1) is 21.2. The highest BCUT2D eigenvalue weighted by atomic mass is 79.9. The summed E-state index contributed by atoms with van der Waals surface area (Å²) < 4.78 is 7.05. The molecule has 0 radical (unpaired) electrons. The number of hydrogen-bond acceptors (Lipinski definition) is 4. The summed E-state index contributed by atoms with van der Waals surface area (Å²) in [6, 6.07) is 12.6. The summed E-state index contributed by atoms with van der Waals surface area (Å²) in [6.07, 6.45) is 2.64. The average molecular weight is 438 g/mol. The van der Waals surface area contributed by atoms with E-state index in [2.05, 4.69) is 64.2 Å². The second-order valence-corrected chi connectivity index (χ2v) is 7.37. The predicted molar refractivity (Wildman–Crippen MR) is 107 cm³/mol. The van der Waals surface area contributed by atoms with Gasteiger partial charge in [-0.1, -0.05) is 37.3 Å². The van der Waals surface area contributed by atoms with Gasteiger partial charge < -0.3 is 14.9 Å². The summed E-state index contributed by atoms with van der Waals surface area (Å²) in [5.74, 6) is -1.82. The van der Waals surface area contributed by atoms with Gasteiger partial charge in [-0.25, -0.2) is 9.59 Å². The molecule has 0 atom stereocenters. The molecule has 0 amide bonds. The zero-order valence-electron chi connectivity index (χ0n) is 15.2. The van der Waals surface area contributed by atoms with E-state index in [4.69, 9.17) is 24.5 Å². The number of carbonyl (C=O) groups is 2. The SMILES string of the molecule is CC1CCN(CCOc2ccc3ccccc3c2Br)CC1.O=C(O)C(=O)O. The van der Waals surface area contributed by atoms with E-state index in [9.17, 15) is 0 Å². The Balaban J connectivity index is 0.000000380. The highest BCUT2D eigenvalue weighted by Crippen LogP contribution is 2.33. The zero-order chi connectivity index (χ0) is 19.8. The fourth-order valence-electron chi connectivity index (χ4n) is 2.90. The van der Waals surface area contributed by atoms with Crippen LogP contribution in [-0.4, -0.2) is 53.3 Å². The number of rotatable bonds is 4. The number of carboxylic acid groups (broad SMARTS) is 2. The lowest BCUT2D eigenvalue weighted by Crippen LogP contribution is -2.35. The Labute approximate surface area is 166 Å². The second kappa shape index (κ2) is 10.3. The molecule has 0 aliphatic carbocycles. The molecule has 146 valence electrons. The molecule has 0 aromatic heterocycles. The summed E-state index contributed by atoms with van der Waals surface area (Å²) in [4.78, 5) is 20.7. The minimum Gasteiger partial charge on any atom is -0.491 e. The molecule has 1 aliphatic heterocycles. The first-order chi connectivity index (χ1) is 12.9. The van der Waals surface area contributed by atoms with Gasteiger partial charge in [-0.15, -0.1) is 0 Å². The molecule has 2 aromatic rings. The van der Waals surface area contributed by atoms with E-state index in [1.165, 1.54) is 36.7 Å². The van der Waals surface area contributed by atoms with E-state index in [1.807, 2.05) is 0 Å². The molecule has 1 heterocycles. The van der Waals surface area contributed by atoms with Crippen molar-refractivity contribution < 1.29 is 24.5 Å². The molecule has 27 heavy (non-hydrogen) atoms. The maximum atomic E-state index is 9.10. The van der Waals surface area contributed by atoms with Crippen LogP contribution >= 0.6 is 15.9 Å². The second-order valence-electron chi connectivity index (χ2n) is 6.58. The Morgan fingerprint density at radius 1 is 1.11 bits per heavy atom. The molecule has 2 aromatic carbocycles. The van der Waals surface area contributed by atoms with E-state index in [0.29, 0.717) is 0 Å². The molecule has 1 saturated heterocycles. The summed E-state index contributed by atoms with van der Waals surface area (Å²) in [5, 5.41) is 17.2.